The molecule has 0 amide bonds. The summed E-state index contributed by atoms with van der Waals surface area (Å²) in [6.07, 6.45) is 1.99. The maximum Gasteiger partial charge on any atom is 0.175 e. The van der Waals surface area contributed by atoms with Crippen molar-refractivity contribution in [1.29, 1.82) is 0 Å². The summed E-state index contributed by atoms with van der Waals surface area (Å²) in [4.78, 5) is 13.9. The van der Waals surface area contributed by atoms with E-state index in [1.807, 2.05) is 22.8 Å². The zero-order valence-electron chi connectivity index (χ0n) is 17.1. The fourth-order valence-electron chi connectivity index (χ4n) is 3.22. The molecule has 2 aromatic carbocycles. The molecule has 2 heterocycles. The summed E-state index contributed by atoms with van der Waals surface area (Å²) in [5.74, 6) is 1.42. The molecule has 11 heteroatoms. The van der Waals surface area contributed by atoms with E-state index in [-0.39, 0.29) is 0 Å². The number of ether oxygens (including phenoxy) is 2. The molecule has 7 nitrogen and oxygen atoms in total. The third-order valence-electron chi connectivity index (χ3n) is 4.81. The number of imidazole rings is 1. The minimum atomic E-state index is 0.298. The highest BCUT2D eigenvalue weighted by atomic mass is 35.5. The lowest BCUT2D eigenvalue weighted by Gasteiger charge is -2.13. The lowest BCUT2D eigenvalue weighted by molar-refractivity contribution is 0.394. The van der Waals surface area contributed by atoms with Crippen LogP contribution in [-0.2, 0) is 13.0 Å². The smallest absolute Gasteiger partial charge is 0.175 e. The van der Waals surface area contributed by atoms with Crippen LogP contribution in [0.15, 0.2) is 46.7 Å². The average molecular weight is 511 g/mol. The number of nitrogens with two attached hydrogens (primary N) is 1. The number of methoxy groups -OCH3 is 2. The van der Waals surface area contributed by atoms with Gasteiger partial charge in [0.05, 0.1) is 24.1 Å². The number of hydrogen-bond donors (Lipinski definition) is 1. The van der Waals surface area contributed by atoms with Crippen LogP contribution in [0, 0.1) is 0 Å². The van der Waals surface area contributed by atoms with Crippen LogP contribution in [0.25, 0.3) is 11.2 Å². The molecule has 32 heavy (non-hydrogen) atoms. The van der Waals surface area contributed by atoms with Gasteiger partial charge in [-0.2, -0.15) is 0 Å². The molecule has 166 valence electrons. The molecule has 0 unspecified atom stereocenters. The van der Waals surface area contributed by atoms with E-state index in [9.17, 15) is 0 Å². The van der Waals surface area contributed by atoms with E-state index in [1.165, 1.54) is 18.1 Å². The first kappa shape index (κ1) is 22.8. The van der Waals surface area contributed by atoms with Gasteiger partial charge in [0.2, 0.25) is 0 Å². The second-order valence-electron chi connectivity index (χ2n) is 6.67. The molecule has 2 aromatic heterocycles. The molecule has 0 saturated heterocycles. The number of benzene rings is 2. The normalized spacial score (nSPS) is 11.2. The first-order valence-electron chi connectivity index (χ1n) is 9.42. The van der Waals surface area contributed by atoms with Crippen molar-refractivity contribution in [3.05, 3.63) is 57.3 Å². The van der Waals surface area contributed by atoms with E-state index < -0.39 is 0 Å². The van der Waals surface area contributed by atoms with Crippen molar-refractivity contribution in [2.45, 2.75) is 23.0 Å². The number of aryl methyl sites for hydroxylation is 1. The van der Waals surface area contributed by atoms with Gasteiger partial charge in [-0.3, -0.25) is 0 Å². The summed E-state index contributed by atoms with van der Waals surface area (Å²) in [6.45, 7) is 0.520. The molecular formula is C21H18Cl3N5O2S. The van der Waals surface area contributed by atoms with E-state index in [1.54, 1.807) is 26.4 Å². The fourth-order valence-corrected chi connectivity index (χ4v) is 5.07. The topological polar surface area (TPSA) is 88.1 Å². The van der Waals surface area contributed by atoms with Crippen LogP contribution >= 0.6 is 46.6 Å². The minimum absolute atomic E-state index is 0.298. The summed E-state index contributed by atoms with van der Waals surface area (Å²) in [6, 6.07) is 8.95. The molecule has 0 spiro atoms. The van der Waals surface area contributed by atoms with E-state index in [0.717, 1.165) is 10.5 Å². The lowest BCUT2D eigenvalue weighted by Crippen LogP contribution is -2.05. The van der Waals surface area contributed by atoms with Crippen molar-refractivity contribution < 1.29 is 9.47 Å². The number of nitrogens with zero attached hydrogens (tertiary/aromatic N) is 4. The molecule has 0 atom stereocenters. The summed E-state index contributed by atoms with van der Waals surface area (Å²) in [5.41, 5.74) is 8.04. The van der Waals surface area contributed by atoms with E-state index in [2.05, 4.69) is 9.97 Å². The first-order chi connectivity index (χ1) is 15.4. The van der Waals surface area contributed by atoms with Gasteiger partial charge in [0.15, 0.2) is 22.1 Å². The zero-order chi connectivity index (χ0) is 22.8. The van der Waals surface area contributed by atoms with Gasteiger partial charge in [-0.25, -0.2) is 15.0 Å². The molecule has 0 saturated carbocycles. The standard InChI is InChI=1S/C21H18Cl3N5O2S/c1-30-15-9-17(16(31-2)8-14(15)24)32-21-28-18-19(25)26-10-27-20(18)29(21)7-6-11-12(22)4-3-5-13(11)23/h3-5,8-10H,6-7H2,1-2H3,(H2,25,26,27). The molecule has 0 aliphatic heterocycles. The van der Waals surface area contributed by atoms with Crippen molar-refractivity contribution >= 4 is 63.5 Å². The molecule has 2 N–H and O–H groups in total. The van der Waals surface area contributed by atoms with Crippen molar-refractivity contribution in [2.24, 2.45) is 0 Å². The fraction of sp³-hybridized carbons (Fsp3) is 0.190. The maximum absolute atomic E-state index is 6.37. The molecule has 0 radical (unpaired) electrons. The summed E-state index contributed by atoms with van der Waals surface area (Å²) in [7, 11) is 3.13. The maximum atomic E-state index is 6.37. The average Bonchev–Trinajstić information content (AvgIpc) is 3.13. The van der Waals surface area contributed by atoms with Crippen LogP contribution < -0.4 is 15.2 Å². The highest BCUT2D eigenvalue weighted by molar-refractivity contribution is 7.99. The Morgan fingerprint density at radius 2 is 1.72 bits per heavy atom. The second-order valence-corrected chi connectivity index (χ2v) is 8.90. The Kier molecular flexibility index (Phi) is 6.85. The van der Waals surface area contributed by atoms with E-state index >= 15 is 0 Å². The minimum Gasteiger partial charge on any atom is -0.496 e. The lowest BCUT2D eigenvalue weighted by atomic mass is 10.1. The van der Waals surface area contributed by atoms with E-state index in [4.69, 9.17) is 55.0 Å². The van der Waals surface area contributed by atoms with Gasteiger partial charge in [0, 0.05) is 22.7 Å². The Labute approximate surface area is 203 Å². The molecule has 0 aliphatic rings. The highest BCUT2D eigenvalue weighted by Gasteiger charge is 2.19. The largest absolute Gasteiger partial charge is 0.496 e. The third kappa shape index (κ3) is 4.41. The van der Waals surface area contributed by atoms with Crippen molar-refractivity contribution in [3.63, 3.8) is 0 Å². The van der Waals surface area contributed by atoms with Gasteiger partial charge in [-0.1, -0.05) is 40.9 Å². The molecule has 4 aromatic rings. The van der Waals surface area contributed by atoms with Crippen molar-refractivity contribution in [2.75, 3.05) is 20.0 Å². The van der Waals surface area contributed by atoms with Crippen LogP contribution in [0.3, 0.4) is 0 Å². The molecule has 0 bridgehead atoms. The van der Waals surface area contributed by atoms with Crippen LogP contribution in [-0.4, -0.2) is 33.7 Å². The Bertz CT molecular complexity index is 1280. The van der Waals surface area contributed by atoms with Gasteiger partial charge in [0.1, 0.15) is 17.8 Å². The monoisotopic (exact) mass is 509 g/mol. The number of nitrogen functional groups attached to an aromatic ring is 1. The first-order valence-corrected chi connectivity index (χ1v) is 11.4. The SMILES string of the molecule is COc1cc(Sc2nc3c(N)ncnc3n2CCc2c(Cl)cccc2Cl)c(OC)cc1Cl. The number of anilines is 1. The predicted octanol–water partition coefficient (Wildman–Crippen LogP) is 5.78. The highest BCUT2D eigenvalue weighted by Crippen LogP contribution is 2.41. The van der Waals surface area contributed by atoms with Crippen molar-refractivity contribution in [1.82, 2.24) is 19.5 Å². The van der Waals surface area contributed by atoms with Crippen LogP contribution in [0.1, 0.15) is 5.56 Å². The quantitative estimate of drug-likeness (QED) is 0.337. The number of halogens is 3. The summed E-state index contributed by atoms with van der Waals surface area (Å²) >= 11 is 20.4. The Morgan fingerprint density at radius 3 is 2.41 bits per heavy atom. The van der Waals surface area contributed by atoms with Gasteiger partial charge in [-0.15, -0.1) is 0 Å². The van der Waals surface area contributed by atoms with Crippen LogP contribution in [0.4, 0.5) is 5.82 Å². The van der Waals surface area contributed by atoms with Gasteiger partial charge in [-0.05, 0) is 41.9 Å². The summed E-state index contributed by atoms with van der Waals surface area (Å²) in [5, 5.41) is 2.31. The molecule has 4 rings (SSSR count). The predicted molar refractivity (Wildman–Crippen MR) is 129 cm³/mol. The number of fused-ring (bicyclic) bond motifs is 1. The second kappa shape index (κ2) is 9.62. The number of hydrogen-bond acceptors (Lipinski definition) is 7. The van der Waals surface area contributed by atoms with Crippen LogP contribution in [0.2, 0.25) is 15.1 Å². The zero-order valence-corrected chi connectivity index (χ0v) is 20.2. The van der Waals surface area contributed by atoms with Gasteiger partial charge >= 0.3 is 0 Å². The van der Waals surface area contributed by atoms with Crippen molar-refractivity contribution in [3.8, 4) is 11.5 Å². The molecule has 0 fully saturated rings. The number of rotatable bonds is 7. The Hall–Kier alpha value is -2.39. The van der Waals surface area contributed by atoms with Gasteiger partial charge < -0.3 is 19.8 Å². The number of aromatic nitrogens is 4. The molecular weight excluding hydrogens is 493 g/mol. The Balaban J connectivity index is 1.78. The third-order valence-corrected chi connectivity index (χ3v) is 6.85. The van der Waals surface area contributed by atoms with Crippen LogP contribution in [0.5, 0.6) is 11.5 Å². The van der Waals surface area contributed by atoms with Gasteiger partial charge in [0.25, 0.3) is 0 Å². The summed E-state index contributed by atoms with van der Waals surface area (Å²) < 4.78 is 12.8. The molecule has 0 aliphatic carbocycles. The Morgan fingerprint density at radius 1 is 1.00 bits per heavy atom. The van der Waals surface area contributed by atoms with E-state index in [0.29, 0.717) is 61.7 Å².